The predicted octanol–water partition coefficient (Wildman–Crippen LogP) is 3.48. The largest absolute Gasteiger partial charge is 0.310 e. The Bertz CT molecular complexity index is 330. The minimum absolute atomic E-state index is 0.518. The molecular formula is C14H21N. The molecule has 0 amide bonds. The van der Waals surface area contributed by atoms with Crippen LogP contribution in [0.2, 0.25) is 0 Å². The van der Waals surface area contributed by atoms with Gasteiger partial charge in [0.25, 0.3) is 0 Å². The Labute approximate surface area is 92.9 Å². The van der Waals surface area contributed by atoms with Crippen LogP contribution in [0, 0.1) is 5.92 Å². The molecule has 2 rings (SSSR count). The molecular weight excluding hydrogens is 182 g/mol. The Kier molecular flexibility index (Phi) is 3.11. The van der Waals surface area contributed by atoms with Crippen molar-refractivity contribution in [2.75, 3.05) is 6.54 Å². The number of benzene rings is 1. The van der Waals surface area contributed by atoms with E-state index in [1.54, 1.807) is 5.56 Å². The summed E-state index contributed by atoms with van der Waals surface area (Å²) < 4.78 is 0. The van der Waals surface area contributed by atoms with Crippen molar-refractivity contribution in [3.8, 4) is 0 Å². The molecule has 82 valence electrons. The standard InChI is InChI=1S/C14H21N/c1-10(2)8-12-9-15-11(3)13-6-4-5-7-14(12)13/h4-7,10-12,15H,8-9H2,1-3H3. The van der Waals surface area contributed by atoms with E-state index in [2.05, 4.69) is 50.4 Å². The molecule has 0 spiro atoms. The van der Waals surface area contributed by atoms with E-state index in [4.69, 9.17) is 0 Å². The lowest BCUT2D eigenvalue weighted by Crippen LogP contribution is -2.32. The van der Waals surface area contributed by atoms with E-state index in [1.165, 1.54) is 12.0 Å². The third kappa shape index (κ3) is 2.23. The van der Waals surface area contributed by atoms with Gasteiger partial charge in [0.1, 0.15) is 0 Å². The van der Waals surface area contributed by atoms with E-state index >= 15 is 0 Å². The average Bonchev–Trinajstić information content (AvgIpc) is 2.22. The minimum atomic E-state index is 0.518. The van der Waals surface area contributed by atoms with Gasteiger partial charge < -0.3 is 5.32 Å². The van der Waals surface area contributed by atoms with Crippen molar-refractivity contribution in [3.63, 3.8) is 0 Å². The quantitative estimate of drug-likeness (QED) is 0.776. The van der Waals surface area contributed by atoms with Crippen LogP contribution >= 0.6 is 0 Å². The molecule has 15 heavy (non-hydrogen) atoms. The first-order chi connectivity index (χ1) is 7.18. The Morgan fingerprint density at radius 1 is 1.27 bits per heavy atom. The molecule has 1 N–H and O–H groups in total. The topological polar surface area (TPSA) is 12.0 Å². The maximum atomic E-state index is 3.59. The molecule has 1 aromatic rings. The summed E-state index contributed by atoms with van der Waals surface area (Å²) in [7, 11) is 0. The molecule has 2 atom stereocenters. The highest BCUT2D eigenvalue weighted by atomic mass is 14.9. The lowest BCUT2D eigenvalue weighted by Gasteiger charge is -2.31. The molecule has 0 aliphatic carbocycles. The highest BCUT2D eigenvalue weighted by Crippen LogP contribution is 2.33. The third-order valence-electron chi connectivity index (χ3n) is 3.33. The molecule has 1 aromatic carbocycles. The second kappa shape index (κ2) is 4.36. The van der Waals surface area contributed by atoms with Gasteiger partial charge in [-0.2, -0.15) is 0 Å². The Morgan fingerprint density at radius 2 is 1.93 bits per heavy atom. The van der Waals surface area contributed by atoms with E-state index in [-0.39, 0.29) is 0 Å². The van der Waals surface area contributed by atoms with E-state index in [1.807, 2.05) is 0 Å². The number of nitrogens with one attached hydrogen (secondary N) is 1. The summed E-state index contributed by atoms with van der Waals surface area (Å²) in [5.74, 6) is 1.48. The normalized spacial score (nSPS) is 25.3. The van der Waals surface area contributed by atoms with Gasteiger partial charge in [0.2, 0.25) is 0 Å². The number of fused-ring (bicyclic) bond motifs is 1. The summed E-state index contributed by atoms with van der Waals surface area (Å²) in [5, 5.41) is 3.59. The van der Waals surface area contributed by atoms with E-state index in [0.29, 0.717) is 12.0 Å². The maximum Gasteiger partial charge on any atom is 0.0294 e. The first kappa shape index (κ1) is 10.7. The highest BCUT2D eigenvalue weighted by Gasteiger charge is 2.23. The van der Waals surface area contributed by atoms with Gasteiger partial charge in [-0.3, -0.25) is 0 Å². The van der Waals surface area contributed by atoms with Crippen molar-refractivity contribution in [3.05, 3.63) is 35.4 Å². The van der Waals surface area contributed by atoms with Crippen molar-refractivity contribution in [2.24, 2.45) is 5.92 Å². The summed E-state index contributed by atoms with van der Waals surface area (Å²) in [6.07, 6.45) is 1.29. The first-order valence-corrected chi connectivity index (χ1v) is 6.00. The molecule has 1 nitrogen and oxygen atoms in total. The lowest BCUT2D eigenvalue weighted by atomic mass is 9.83. The Morgan fingerprint density at radius 3 is 2.60 bits per heavy atom. The summed E-state index contributed by atoms with van der Waals surface area (Å²) >= 11 is 0. The highest BCUT2D eigenvalue weighted by molar-refractivity contribution is 5.35. The summed E-state index contributed by atoms with van der Waals surface area (Å²) in [4.78, 5) is 0. The monoisotopic (exact) mass is 203 g/mol. The van der Waals surface area contributed by atoms with Crippen molar-refractivity contribution >= 4 is 0 Å². The number of hydrogen-bond donors (Lipinski definition) is 1. The molecule has 1 heteroatoms. The van der Waals surface area contributed by atoms with Gasteiger partial charge in [0.15, 0.2) is 0 Å². The molecule has 0 radical (unpaired) electrons. The molecule has 1 aliphatic heterocycles. The van der Waals surface area contributed by atoms with Crippen LogP contribution in [0.15, 0.2) is 24.3 Å². The zero-order valence-corrected chi connectivity index (χ0v) is 9.96. The van der Waals surface area contributed by atoms with Crippen LogP contribution in [0.1, 0.15) is 50.3 Å². The summed E-state index contributed by atoms with van der Waals surface area (Å²) in [5.41, 5.74) is 3.06. The van der Waals surface area contributed by atoms with Gasteiger partial charge in [0, 0.05) is 12.6 Å². The molecule has 2 unspecified atom stereocenters. The van der Waals surface area contributed by atoms with E-state index in [9.17, 15) is 0 Å². The Balaban J connectivity index is 2.28. The Hall–Kier alpha value is -0.820. The van der Waals surface area contributed by atoms with Crippen molar-refractivity contribution in [1.29, 1.82) is 0 Å². The second-order valence-electron chi connectivity index (χ2n) is 5.09. The van der Waals surface area contributed by atoms with Crippen LogP contribution in [-0.2, 0) is 0 Å². The summed E-state index contributed by atoms with van der Waals surface area (Å²) in [6.45, 7) is 8.00. The number of hydrogen-bond acceptors (Lipinski definition) is 1. The van der Waals surface area contributed by atoms with Crippen LogP contribution in [0.3, 0.4) is 0 Å². The van der Waals surface area contributed by atoms with Crippen LogP contribution in [0.25, 0.3) is 0 Å². The maximum absolute atomic E-state index is 3.59. The molecule has 0 saturated carbocycles. The predicted molar refractivity (Wildman–Crippen MR) is 65.1 cm³/mol. The van der Waals surface area contributed by atoms with Crippen LogP contribution in [-0.4, -0.2) is 6.54 Å². The van der Waals surface area contributed by atoms with Crippen molar-refractivity contribution in [2.45, 2.75) is 39.2 Å². The van der Waals surface area contributed by atoms with Gasteiger partial charge >= 0.3 is 0 Å². The van der Waals surface area contributed by atoms with E-state index < -0.39 is 0 Å². The van der Waals surface area contributed by atoms with Crippen LogP contribution < -0.4 is 5.32 Å². The van der Waals surface area contributed by atoms with Gasteiger partial charge in [-0.15, -0.1) is 0 Å². The van der Waals surface area contributed by atoms with Gasteiger partial charge in [-0.25, -0.2) is 0 Å². The number of rotatable bonds is 2. The van der Waals surface area contributed by atoms with E-state index in [0.717, 1.165) is 12.5 Å². The van der Waals surface area contributed by atoms with Crippen molar-refractivity contribution in [1.82, 2.24) is 5.32 Å². The van der Waals surface area contributed by atoms with Gasteiger partial charge in [-0.1, -0.05) is 38.1 Å². The fourth-order valence-electron chi connectivity index (χ4n) is 2.60. The smallest absolute Gasteiger partial charge is 0.0294 e. The molecule has 0 aromatic heterocycles. The SMILES string of the molecule is CC(C)CC1CNC(C)c2ccccc21. The minimum Gasteiger partial charge on any atom is -0.310 e. The van der Waals surface area contributed by atoms with Gasteiger partial charge in [-0.05, 0) is 36.3 Å². The van der Waals surface area contributed by atoms with Gasteiger partial charge in [0.05, 0.1) is 0 Å². The first-order valence-electron chi connectivity index (χ1n) is 6.00. The molecule has 0 bridgehead atoms. The fraction of sp³-hybridized carbons (Fsp3) is 0.571. The van der Waals surface area contributed by atoms with Crippen LogP contribution in [0.5, 0.6) is 0 Å². The third-order valence-corrected chi connectivity index (χ3v) is 3.33. The average molecular weight is 203 g/mol. The zero-order chi connectivity index (χ0) is 10.8. The molecule has 0 fully saturated rings. The molecule has 1 aliphatic rings. The second-order valence-corrected chi connectivity index (χ2v) is 5.09. The molecule has 0 saturated heterocycles. The summed E-state index contributed by atoms with van der Waals surface area (Å²) in [6, 6.07) is 9.41. The zero-order valence-electron chi connectivity index (χ0n) is 9.96. The fourth-order valence-corrected chi connectivity index (χ4v) is 2.60. The lowest BCUT2D eigenvalue weighted by molar-refractivity contribution is 0.417. The molecule has 1 heterocycles. The van der Waals surface area contributed by atoms with Crippen LogP contribution in [0.4, 0.5) is 0 Å². The van der Waals surface area contributed by atoms with Crippen molar-refractivity contribution < 1.29 is 0 Å².